The van der Waals surface area contributed by atoms with Gasteiger partial charge in [-0.3, -0.25) is 4.79 Å². The Bertz CT molecular complexity index is 592. The molecule has 0 aliphatic heterocycles. The minimum Gasteiger partial charge on any atom is -0.481 e. The van der Waals surface area contributed by atoms with E-state index in [4.69, 9.17) is 9.84 Å². The zero-order valence-corrected chi connectivity index (χ0v) is 17.1. The fourth-order valence-electron chi connectivity index (χ4n) is 5.59. The van der Waals surface area contributed by atoms with Crippen molar-refractivity contribution in [2.75, 3.05) is 6.61 Å². The standard InChI is InChI=1S/C23H36O5/c1-2-28-23-14-13-21(25)18(11-12-20(24)16-7-4-3-5-8-16)19(23)15-17(23)9-6-10-22(26)27/h9,11-12,16,18-21,24-25H,2-8,10,13-15H2,1H3,(H,26,27)/b12-11+,17-9?/t18-,19-,20?,21-,23+/m0/s1. The molecule has 0 radical (unpaired) electrons. The summed E-state index contributed by atoms with van der Waals surface area (Å²) in [6, 6.07) is 0. The molecule has 3 aliphatic carbocycles. The van der Waals surface area contributed by atoms with Crippen LogP contribution in [0.3, 0.4) is 0 Å². The Balaban J connectivity index is 1.70. The summed E-state index contributed by atoms with van der Waals surface area (Å²) in [7, 11) is 0. The van der Waals surface area contributed by atoms with E-state index in [-0.39, 0.29) is 23.9 Å². The van der Waals surface area contributed by atoms with E-state index in [1.807, 2.05) is 25.2 Å². The van der Waals surface area contributed by atoms with Crippen LogP contribution >= 0.6 is 0 Å². The number of fused-ring (bicyclic) bond motifs is 1. The van der Waals surface area contributed by atoms with Gasteiger partial charge in [-0.15, -0.1) is 0 Å². The Morgan fingerprint density at radius 3 is 2.71 bits per heavy atom. The van der Waals surface area contributed by atoms with Crippen LogP contribution in [0.2, 0.25) is 0 Å². The topological polar surface area (TPSA) is 87.0 Å². The third-order valence-corrected chi connectivity index (χ3v) is 7.12. The van der Waals surface area contributed by atoms with Crippen molar-refractivity contribution in [2.45, 2.75) is 88.9 Å². The van der Waals surface area contributed by atoms with Crippen LogP contribution in [0, 0.1) is 17.8 Å². The highest BCUT2D eigenvalue weighted by molar-refractivity contribution is 5.66. The summed E-state index contributed by atoms with van der Waals surface area (Å²) in [4.78, 5) is 10.8. The van der Waals surface area contributed by atoms with Crippen molar-refractivity contribution in [1.82, 2.24) is 0 Å². The Kier molecular flexibility index (Phi) is 7.35. The third kappa shape index (κ3) is 4.52. The number of ether oxygens (including phenoxy) is 1. The van der Waals surface area contributed by atoms with Gasteiger partial charge in [-0.1, -0.05) is 37.5 Å². The van der Waals surface area contributed by atoms with Crippen molar-refractivity contribution in [1.29, 1.82) is 0 Å². The van der Waals surface area contributed by atoms with E-state index in [0.717, 1.165) is 25.7 Å². The Labute approximate surface area is 168 Å². The van der Waals surface area contributed by atoms with Crippen LogP contribution in [0.1, 0.15) is 71.1 Å². The number of carboxylic acid groups (broad SMARTS) is 1. The molecule has 0 saturated heterocycles. The molecule has 0 spiro atoms. The molecular weight excluding hydrogens is 356 g/mol. The van der Waals surface area contributed by atoms with Crippen molar-refractivity contribution < 1.29 is 24.9 Å². The molecule has 5 nitrogen and oxygen atoms in total. The molecule has 5 atom stereocenters. The highest BCUT2D eigenvalue weighted by atomic mass is 16.5. The number of aliphatic carboxylic acids is 1. The molecule has 0 heterocycles. The molecule has 28 heavy (non-hydrogen) atoms. The molecule has 0 amide bonds. The number of carboxylic acids is 1. The average Bonchev–Trinajstić information content (AvgIpc) is 2.68. The van der Waals surface area contributed by atoms with Gasteiger partial charge in [-0.25, -0.2) is 0 Å². The van der Waals surface area contributed by atoms with Crippen LogP contribution in [0.4, 0.5) is 0 Å². The first kappa shape index (κ1) is 21.5. The van der Waals surface area contributed by atoms with Gasteiger partial charge in [0.15, 0.2) is 0 Å². The molecule has 3 aliphatic rings. The molecule has 0 aromatic heterocycles. The molecule has 5 heteroatoms. The molecule has 158 valence electrons. The predicted octanol–water partition coefficient (Wildman–Crippen LogP) is 3.84. The molecule has 3 N–H and O–H groups in total. The first-order chi connectivity index (χ1) is 13.5. The van der Waals surface area contributed by atoms with Crippen molar-refractivity contribution in [3.63, 3.8) is 0 Å². The summed E-state index contributed by atoms with van der Waals surface area (Å²) in [6.07, 6.45) is 13.9. The zero-order valence-electron chi connectivity index (χ0n) is 17.1. The molecular formula is C23H36O5. The lowest BCUT2D eigenvalue weighted by atomic mass is 9.53. The number of carbonyl (C=O) groups is 1. The highest BCUT2D eigenvalue weighted by Crippen LogP contribution is 2.57. The number of aliphatic hydroxyl groups is 2. The number of rotatable bonds is 8. The van der Waals surface area contributed by atoms with E-state index in [9.17, 15) is 15.0 Å². The second kappa shape index (κ2) is 9.55. The van der Waals surface area contributed by atoms with Crippen LogP contribution in [0.15, 0.2) is 23.8 Å². The third-order valence-electron chi connectivity index (χ3n) is 7.12. The second-order valence-corrected chi connectivity index (χ2v) is 8.75. The molecule has 0 bridgehead atoms. The van der Waals surface area contributed by atoms with E-state index in [0.29, 0.717) is 25.4 Å². The van der Waals surface area contributed by atoms with E-state index in [1.54, 1.807) is 0 Å². The number of allylic oxidation sites excluding steroid dienone is 1. The van der Waals surface area contributed by atoms with E-state index < -0.39 is 18.2 Å². The average molecular weight is 393 g/mol. The molecule has 0 aromatic rings. The van der Waals surface area contributed by atoms with Crippen molar-refractivity contribution in [3.8, 4) is 0 Å². The van der Waals surface area contributed by atoms with Crippen LogP contribution in [0.25, 0.3) is 0 Å². The molecule has 3 fully saturated rings. The fourth-order valence-corrected chi connectivity index (χ4v) is 5.59. The van der Waals surface area contributed by atoms with Crippen LogP contribution in [-0.2, 0) is 9.53 Å². The van der Waals surface area contributed by atoms with Gasteiger partial charge in [-0.2, -0.15) is 0 Å². The molecule has 3 saturated carbocycles. The molecule has 0 aromatic carbocycles. The quantitative estimate of drug-likeness (QED) is 0.546. The lowest BCUT2D eigenvalue weighted by Gasteiger charge is -2.58. The number of aliphatic hydroxyl groups excluding tert-OH is 2. The van der Waals surface area contributed by atoms with Crippen molar-refractivity contribution in [3.05, 3.63) is 23.8 Å². The first-order valence-corrected chi connectivity index (χ1v) is 11.1. The molecule has 3 rings (SSSR count). The minimum atomic E-state index is -0.783. The van der Waals surface area contributed by atoms with Gasteiger partial charge >= 0.3 is 5.97 Å². The number of hydrogen-bond acceptors (Lipinski definition) is 4. The maximum absolute atomic E-state index is 10.8. The fraction of sp³-hybridized carbons (Fsp3) is 0.783. The summed E-state index contributed by atoms with van der Waals surface area (Å²) in [6.45, 7) is 2.59. The highest BCUT2D eigenvalue weighted by Gasteiger charge is 2.58. The molecule has 1 unspecified atom stereocenters. The van der Waals surface area contributed by atoms with Crippen molar-refractivity contribution in [2.24, 2.45) is 17.8 Å². The minimum absolute atomic E-state index is 0.0184. The smallest absolute Gasteiger partial charge is 0.303 e. The maximum atomic E-state index is 10.8. The van der Waals surface area contributed by atoms with Crippen LogP contribution in [-0.4, -0.2) is 45.7 Å². The van der Waals surface area contributed by atoms with E-state index >= 15 is 0 Å². The van der Waals surface area contributed by atoms with Gasteiger partial charge in [-0.05, 0) is 56.9 Å². The summed E-state index contributed by atoms with van der Waals surface area (Å²) in [5.74, 6) is -0.262. The predicted molar refractivity (Wildman–Crippen MR) is 108 cm³/mol. The van der Waals surface area contributed by atoms with E-state index in [2.05, 4.69) is 0 Å². The first-order valence-electron chi connectivity index (χ1n) is 11.1. The second-order valence-electron chi connectivity index (χ2n) is 8.75. The van der Waals surface area contributed by atoms with Crippen molar-refractivity contribution >= 4 is 5.97 Å². The summed E-state index contributed by atoms with van der Waals surface area (Å²) in [5.41, 5.74) is 0.829. The Hall–Kier alpha value is -1.17. The largest absolute Gasteiger partial charge is 0.481 e. The van der Waals surface area contributed by atoms with Gasteiger partial charge < -0.3 is 20.1 Å². The van der Waals surface area contributed by atoms with Crippen LogP contribution < -0.4 is 0 Å². The lowest BCUT2D eigenvalue weighted by Crippen LogP contribution is -2.60. The zero-order chi connectivity index (χ0) is 20.1. The summed E-state index contributed by atoms with van der Waals surface area (Å²) < 4.78 is 6.22. The van der Waals surface area contributed by atoms with Gasteiger partial charge in [0.05, 0.1) is 17.8 Å². The normalized spacial score (nSPS) is 36.2. The maximum Gasteiger partial charge on any atom is 0.303 e. The monoisotopic (exact) mass is 392 g/mol. The lowest BCUT2D eigenvalue weighted by molar-refractivity contribution is -0.155. The van der Waals surface area contributed by atoms with Gasteiger partial charge in [0.2, 0.25) is 0 Å². The Morgan fingerprint density at radius 1 is 1.29 bits per heavy atom. The number of hydrogen-bond donors (Lipinski definition) is 3. The van der Waals surface area contributed by atoms with Gasteiger partial charge in [0.1, 0.15) is 0 Å². The summed E-state index contributed by atoms with van der Waals surface area (Å²) in [5, 5.41) is 30.1. The van der Waals surface area contributed by atoms with E-state index in [1.165, 1.54) is 24.8 Å². The van der Waals surface area contributed by atoms with Gasteiger partial charge in [0.25, 0.3) is 0 Å². The summed E-state index contributed by atoms with van der Waals surface area (Å²) >= 11 is 0. The SMILES string of the molecule is CCO[C@@]12CC[C@H](O)[C@@H](/C=C/C(O)C3CCCCC3)[C@@H]1CC2=CCCC(=O)O. The van der Waals surface area contributed by atoms with Gasteiger partial charge in [0, 0.05) is 24.9 Å². The van der Waals surface area contributed by atoms with Crippen LogP contribution in [0.5, 0.6) is 0 Å². The Morgan fingerprint density at radius 2 is 2.04 bits per heavy atom.